The van der Waals surface area contributed by atoms with Crippen molar-refractivity contribution < 1.29 is 4.74 Å². The second-order valence-corrected chi connectivity index (χ2v) is 7.82. The maximum absolute atomic E-state index is 6.57. The van der Waals surface area contributed by atoms with Crippen LogP contribution in [-0.2, 0) is 0 Å². The highest BCUT2D eigenvalue weighted by Crippen LogP contribution is 2.39. The van der Waals surface area contributed by atoms with E-state index in [-0.39, 0.29) is 6.04 Å². The molecule has 2 aromatic carbocycles. The van der Waals surface area contributed by atoms with E-state index in [1.807, 2.05) is 13.0 Å². The van der Waals surface area contributed by atoms with Crippen molar-refractivity contribution in [1.29, 1.82) is 0 Å². The summed E-state index contributed by atoms with van der Waals surface area (Å²) in [7, 11) is 1.69. The van der Waals surface area contributed by atoms with E-state index in [9.17, 15) is 0 Å². The lowest BCUT2D eigenvalue weighted by molar-refractivity contribution is 0.404. The lowest BCUT2D eigenvalue weighted by Crippen LogP contribution is -2.17. The quantitative estimate of drug-likeness (QED) is 0.539. The van der Waals surface area contributed by atoms with Gasteiger partial charge in [0.05, 0.1) is 13.2 Å². The summed E-state index contributed by atoms with van der Waals surface area (Å²) in [5.41, 5.74) is 10.9. The fourth-order valence-corrected chi connectivity index (χ4v) is 4.04. The van der Waals surface area contributed by atoms with Crippen LogP contribution in [0.15, 0.2) is 33.2 Å². The number of benzene rings is 2. The number of halogens is 3. The van der Waals surface area contributed by atoms with Gasteiger partial charge in [0.2, 0.25) is 0 Å². The van der Waals surface area contributed by atoms with Crippen molar-refractivity contribution in [3.8, 4) is 5.75 Å². The van der Waals surface area contributed by atoms with Crippen LogP contribution >= 0.6 is 54.5 Å². The third-order valence-corrected chi connectivity index (χ3v) is 5.82. The predicted molar refractivity (Wildman–Crippen MR) is 103 cm³/mol. The predicted octanol–water partition coefficient (Wildman–Crippen LogP) is 5.49. The fourth-order valence-electron chi connectivity index (χ4n) is 2.43. The molecule has 5 heteroatoms. The molecule has 0 saturated heterocycles. The molecule has 0 radical (unpaired) electrons. The molecule has 112 valence electrons. The SMILES string of the molecule is COc1c(C)cc(Br)c(C)c1C(N)c1cc(Br)ccc1I. The Balaban J connectivity index is 2.68. The second kappa shape index (κ2) is 6.98. The summed E-state index contributed by atoms with van der Waals surface area (Å²) in [5, 5.41) is 0. The Kier molecular flexibility index (Phi) is 5.73. The highest BCUT2D eigenvalue weighted by molar-refractivity contribution is 14.1. The van der Waals surface area contributed by atoms with Gasteiger partial charge in [0, 0.05) is 18.1 Å². The van der Waals surface area contributed by atoms with Gasteiger partial charge in [0.25, 0.3) is 0 Å². The number of ether oxygens (including phenoxy) is 1. The maximum Gasteiger partial charge on any atom is 0.127 e. The van der Waals surface area contributed by atoms with Gasteiger partial charge in [0.15, 0.2) is 0 Å². The van der Waals surface area contributed by atoms with Crippen LogP contribution in [0.4, 0.5) is 0 Å². The Hall–Kier alpha value is -0.110. The normalized spacial score (nSPS) is 12.3. The zero-order valence-corrected chi connectivity index (χ0v) is 17.3. The molecule has 21 heavy (non-hydrogen) atoms. The standard InChI is InChI=1S/C16H16Br2INO/c1-8-6-12(18)9(2)14(16(8)21-3)15(20)11-7-10(17)4-5-13(11)19/h4-7,15H,20H2,1-3H3. The highest BCUT2D eigenvalue weighted by atomic mass is 127. The van der Waals surface area contributed by atoms with E-state index in [1.165, 1.54) is 0 Å². The van der Waals surface area contributed by atoms with Crippen molar-refractivity contribution >= 4 is 54.5 Å². The molecule has 2 N–H and O–H groups in total. The second-order valence-electron chi connectivity index (χ2n) is 4.89. The number of nitrogens with two attached hydrogens (primary N) is 1. The molecule has 2 rings (SSSR count). The molecule has 0 aliphatic rings. The van der Waals surface area contributed by atoms with Gasteiger partial charge in [-0.1, -0.05) is 31.9 Å². The summed E-state index contributed by atoms with van der Waals surface area (Å²) >= 11 is 9.45. The van der Waals surface area contributed by atoms with Gasteiger partial charge in [-0.3, -0.25) is 0 Å². The molecule has 0 saturated carbocycles. The van der Waals surface area contributed by atoms with Gasteiger partial charge in [-0.2, -0.15) is 0 Å². The molecule has 0 heterocycles. The van der Waals surface area contributed by atoms with E-state index in [0.717, 1.165) is 40.5 Å². The Labute approximate surface area is 155 Å². The van der Waals surface area contributed by atoms with Crippen LogP contribution in [0.1, 0.15) is 28.3 Å². The fraction of sp³-hybridized carbons (Fsp3) is 0.250. The lowest BCUT2D eigenvalue weighted by atomic mass is 9.93. The Morgan fingerprint density at radius 2 is 1.86 bits per heavy atom. The van der Waals surface area contributed by atoms with E-state index in [1.54, 1.807) is 7.11 Å². The molecule has 0 aliphatic carbocycles. The van der Waals surface area contributed by atoms with Crippen molar-refractivity contribution in [2.75, 3.05) is 7.11 Å². The molecule has 1 atom stereocenters. The van der Waals surface area contributed by atoms with Crippen LogP contribution in [0.25, 0.3) is 0 Å². The van der Waals surface area contributed by atoms with Crippen molar-refractivity contribution in [1.82, 2.24) is 0 Å². The topological polar surface area (TPSA) is 35.2 Å². The molecule has 0 amide bonds. The van der Waals surface area contributed by atoms with Crippen LogP contribution < -0.4 is 10.5 Å². The van der Waals surface area contributed by atoms with Crippen molar-refractivity contribution in [2.24, 2.45) is 5.73 Å². The van der Waals surface area contributed by atoms with Gasteiger partial charge < -0.3 is 10.5 Å². The largest absolute Gasteiger partial charge is 0.496 e. The average Bonchev–Trinajstić information content (AvgIpc) is 2.44. The minimum atomic E-state index is -0.236. The summed E-state index contributed by atoms with van der Waals surface area (Å²) in [6.07, 6.45) is 0. The van der Waals surface area contributed by atoms with Gasteiger partial charge in [-0.15, -0.1) is 0 Å². The molecular formula is C16H16Br2INO. The van der Waals surface area contributed by atoms with Crippen LogP contribution in [0.5, 0.6) is 5.75 Å². The molecule has 0 aromatic heterocycles. The Morgan fingerprint density at radius 1 is 1.19 bits per heavy atom. The van der Waals surface area contributed by atoms with Crippen LogP contribution in [-0.4, -0.2) is 7.11 Å². The zero-order valence-electron chi connectivity index (χ0n) is 12.0. The lowest BCUT2D eigenvalue weighted by Gasteiger charge is -2.22. The van der Waals surface area contributed by atoms with Gasteiger partial charge >= 0.3 is 0 Å². The van der Waals surface area contributed by atoms with Crippen LogP contribution in [0.3, 0.4) is 0 Å². The average molecular weight is 525 g/mol. The summed E-state index contributed by atoms with van der Waals surface area (Å²) in [5.74, 6) is 0.860. The van der Waals surface area contributed by atoms with Crippen molar-refractivity contribution in [3.63, 3.8) is 0 Å². The third kappa shape index (κ3) is 3.46. The van der Waals surface area contributed by atoms with Crippen LogP contribution in [0.2, 0.25) is 0 Å². The summed E-state index contributed by atoms with van der Waals surface area (Å²) in [6, 6.07) is 7.99. The maximum atomic E-state index is 6.57. The Morgan fingerprint density at radius 3 is 2.48 bits per heavy atom. The minimum absolute atomic E-state index is 0.236. The number of aryl methyl sites for hydroxylation is 1. The van der Waals surface area contributed by atoms with E-state index >= 15 is 0 Å². The molecule has 2 aromatic rings. The number of methoxy groups -OCH3 is 1. The number of hydrogen-bond acceptors (Lipinski definition) is 2. The zero-order chi connectivity index (χ0) is 15.7. The summed E-state index contributed by atoms with van der Waals surface area (Å²) in [6.45, 7) is 4.09. The molecule has 0 aliphatic heterocycles. The number of hydrogen-bond donors (Lipinski definition) is 1. The first-order chi connectivity index (χ1) is 9.86. The summed E-state index contributed by atoms with van der Waals surface area (Å²) in [4.78, 5) is 0. The highest BCUT2D eigenvalue weighted by Gasteiger charge is 2.22. The van der Waals surface area contributed by atoms with Crippen LogP contribution in [0, 0.1) is 17.4 Å². The molecule has 1 unspecified atom stereocenters. The van der Waals surface area contributed by atoms with E-state index in [0.29, 0.717) is 0 Å². The monoisotopic (exact) mass is 523 g/mol. The van der Waals surface area contributed by atoms with Gasteiger partial charge in [0.1, 0.15) is 5.75 Å². The first-order valence-corrected chi connectivity index (χ1v) is 9.07. The van der Waals surface area contributed by atoms with E-state index in [2.05, 4.69) is 79.6 Å². The summed E-state index contributed by atoms with van der Waals surface area (Å²) < 4.78 is 8.83. The van der Waals surface area contributed by atoms with Crippen molar-refractivity contribution in [3.05, 3.63) is 59.0 Å². The van der Waals surface area contributed by atoms with Crippen molar-refractivity contribution in [2.45, 2.75) is 19.9 Å². The molecule has 0 spiro atoms. The van der Waals surface area contributed by atoms with E-state index in [4.69, 9.17) is 10.5 Å². The molecular weight excluding hydrogens is 509 g/mol. The van der Waals surface area contributed by atoms with E-state index < -0.39 is 0 Å². The number of rotatable bonds is 3. The smallest absolute Gasteiger partial charge is 0.127 e. The Bertz CT molecular complexity index is 688. The third-order valence-electron chi connectivity index (χ3n) is 3.52. The first-order valence-electron chi connectivity index (χ1n) is 6.41. The van der Waals surface area contributed by atoms with Gasteiger partial charge in [-0.25, -0.2) is 0 Å². The minimum Gasteiger partial charge on any atom is -0.496 e. The van der Waals surface area contributed by atoms with Gasteiger partial charge in [-0.05, 0) is 77.4 Å². The molecule has 2 nitrogen and oxygen atoms in total. The molecule has 0 fully saturated rings. The first kappa shape index (κ1) is 17.2. The molecule has 0 bridgehead atoms.